The van der Waals surface area contributed by atoms with E-state index in [1.54, 1.807) is 0 Å². The second kappa shape index (κ2) is 9.91. The summed E-state index contributed by atoms with van der Waals surface area (Å²) >= 11 is 0. The Balaban J connectivity index is 2.41. The lowest BCUT2D eigenvalue weighted by Crippen LogP contribution is -2.21. The number of hydrogen-bond donors (Lipinski definition) is 1. The van der Waals surface area contributed by atoms with Crippen LogP contribution in [0.15, 0.2) is 62.2 Å². The lowest BCUT2D eigenvalue weighted by Gasteiger charge is -2.13. The predicted molar refractivity (Wildman–Crippen MR) is 92.5 cm³/mol. The molecular weight excluding hydrogens is 278 g/mol. The molecule has 0 aliphatic rings. The summed E-state index contributed by atoms with van der Waals surface area (Å²) in [5, 5.41) is 3.93. The molecule has 0 radical (unpaired) electrons. The highest BCUT2D eigenvalue weighted by Crippen LogP contribution is 2.10. The van der Waals surface area contributed by atoms with Crippen LogP contribution in [-0.2, 0) is 9.22 Å². The van der Waals surface area contributed by atoms with Crippen molar-refractivity contribution in [2.24, 2.45) is 5.92 Å². The zero-order valence-corrected chi connectivity index (χ0v) is 13.8. The maximum atomic E-state index is 11.2. The molecule has 1 aromatic carbocycles. The van der Waals surface area contributed by atoms with Gasteiger partial charge in [0.15, 0.2) is 9.76 Å². The molecule has 0 aliphatic carbocycles. The fourth-order valence-electron chi connectivity index (χ4n) is 1.92. The molecule has 0 fully saturated rings. The molecule has 4 heteroatoms. The first-order chi connectivity index (χ1) is 10.2. The van der Waals surface area contributed by atoms with Gasteiger partial charge in [-0.1, -0.05) is 30.9 Å². The first-order valence-electron chi connectivity index (χ1n) is 7.01. The maximum Gasteiger partial charge on any atom is 0.247 e. The van der Waals surface area contributed by atoms with Crippen molar-refractivity contribution >= 4 is 26.5 Å². The van der Waals surface area contributed by atoms with Crippen molar-refractivity contribution in [3.8, 4) is 0 Å². The zero-order valence-electron chi connectivity index (χ0n) is 12.4. The number of allylic oxidation sites excluding steroid dienone is 2. The molecule has 3 nitrogen and oxygen atoms in total. The lowest BCUT2D eigenvalue weighted by molar-refractivity contribution is -0.111. The molecule has 1 amide bonds. The second-order valence-corrected chi connectivity index (χ2v) is 6.33. The summed E-state index contributed by atoms with van der Waals surface area (Å²) in [7, 11) is -0.738. The Morgan fingerprint density at radius 2 is 1.81 bits per heavy atom. The molecule has 0 aliphatic heterocycles. The number of carbonyl (C=O) groups is 1. The lowest BCUT2D eigenvalue weighted by atomic mass is 10.0. The zero-order chi connectivity index (χ0) is 15.5. The third-order valence-corrected chi connectivity index (χ3v) is 4.27. The van der Waals surface area contributed by atoms with E-state index in [-0.39, 0.29) is 5.91 Å². The van der Waals surface area contributed by atoms with Crippen molar-refractivity contribution < 1.29 is 9.22 Å². The first kappa shape index (κ1) is 17.1. The molecule has 1 N–H and O–H groups in total. The molecule has 0 spiro atoms. The highest BCUT2D eigenvalue weighted by molar-refractivity contribution is 6.46. The number of anilines is 1. The predicted octanol–water partition coefficient (Wildman–Crippen LogP) is 2.31. The van der Waals surface area contributed by atoms with E-state index in [4.69, 9.17) is 4.43 Å². The molecule has 0 atom stereocenters. The molecule has 0 aromatic heterocycles. The number of nitrogens with one attached hydrogen (secondary N) is 1. The summed E-state index contributed by atoms with van der Waals surface area (Å²) in [6.07, 6.45) is 7.01. The Labute approximate surface area is 129 Å². The molecule has 0 bridgehead atoms. The highest BCUT2D eigenvalue weighted by atomic mass is 28.2. The van der Waals surface area contributed by atoms with Crippen molar-refractivity contribution in [1.82, 2.24) is 0 Å². The van der Waals surface area contributed by atoms with Gasteiger partial charge in [0, 0.05) is 12.3 Å². The summed E-state index contributed by atoms with van der Waals surface area (Å²) in [5.41, 5.74) is 0.772. The average Bonchev–Trinajstić information content (AvgIpc) is 2.49. The average molecular weight is 301 g/mol. The van der Waals surface area contributed by atoms with Crippen molar-refractivity contribution in [3.63, 3.8) is 0 Å². The minimum atomic E-state index is -0.738. The summed E-state index contributed by atoms with van der Waals surface area (Å²) in [6.45, 7) is 11.7. The van der Waals surface area contributed by atoms with E-state index in [0.717, 1.165) is 25.1 Å². The van der Waals surface area contributed by atoms with Crippen LogP contribution in [0.1, 0.15) is 12.8 Å². The van der Waals surface area contributed by atoms with E-state index in [1.807, 2.05) is 36.4 Å². The fraction of sp³-hybridized carbons (Fsp3) is 0.235. The molecular formula is C17H23NO2Si. The molecule has 112 valence electrons. The number of hydrogen-bond acceptors (Lipinski definition) is 2. The standard InChI is InChI=1S/C17H23NO2Si/c1-4-7-14(8-5-2)13-20-21-16-11-9-15(10-12-16)18-17(19)6-3/h4-6,9-12,14H,1-3,7-8,13,21H2,(H,18,19). The molecule has 1 rings (SSSR count). The number of carbonyl (C=O) groups excluding carboxylic acids is 1. The first-order valence-corrected chi connectivity index (χ1v) is 8.30. The topological polar surface area (TPSA) is 38.3 Å². The van der Waals surface area contributed by atoms with Crippen molar-refractivity contribution in [2.75, 3.05) is 11.9 Å². The van der Waals surface area contributed by atoms with Crippen LogP contribution in [0.5, 0.6) is 0 Å². The van der Waals surface area contributed by atoms with E-state index >= 15 is 0 Å². The number of amides is 1. The van der Waals surface area contributed by atoms with Gasteiger partial charge in [0.2, 0.25) is 5.91 Å². The smallest absolute Gasteiger partial charge is 0.247 e. The van der Waals surface area contributed by atoms with Gasteiger partial charge < -0.3 is 9.74 Å². The Bertz CT molecular complexity index is 472. The van der Waals surface area contributed by atoms with Crippen molar-refractivity contribution in [3.05, 3.63) is 62.2 Å². The minimum Gasteiger partial charge on any atom is -0.418 e. The van der Waals surface area contributed by atoms with Gasteiger partial charge in [0.25, 0.3) is 0 Å². The normalized spacial score (nSPS) is 10.7. The van der Waals surface area contributed by atoms with Gasteiger partial charge in [-0.2, -0.15) is 0 Å². The van der Waals surface area contributed by atoms with Crippen LogP contribution in [0, 0.1) is 5.92 Å². The molecule has 0 saturated carbocycles. The fourth-order valence-corrected chi connectivity index (χ4v) is 3.04. The van der Waals surface area contributed by atoms with Crippen LogP contribution in [0.2, 0.25) is 0 Å². The highest BCUT2D eigenvalue weighted by Gasteiger charge is 2.05. The Hall–Kier alpha value is -1.91. The third-order valence-electron chi connectivity index (χ3n) is 3.03. The molecule has 1 aromatic rings. The SMILES string of the molecule is C=CCC(CC=C)CO[SiH2]c1ccc(NC(=O)C=C)cc1. The number of rotatable bonds is 10. The Morgan fingerprint density at radius 1 is 1.19 bits per heavy atom. The van der Waals surface area contributed by atoms with Gasteiger partial charge in [0.1, 0.15) is 0 Å². The van der Waals surface area contributed by atoms with Crippen molar-refractivity contribution in [2.45, 2.75) is 12.8 Å². The van der Waals surface area contributed by atoms with E-state index in [1.165, 1.54) is 11.3 Å². The minimum absolute atomic E-state index is 0.201. The van der Waals surface area contributed by atoms with Crippen LogP contribution in [0.4, 0.5) is 5.69 Å². The van der Waals surface area contributed by atoms with E-state index in [2.05, 4.69) is 25.1 Å². The van der Waals surface area contributed by atoms with Gasteiger partial charge >= 0.3 is 0 Å². The largest absolute Gasteiger partial charge is 0.418 e. The van der Waals surface area contributed by atoms with Gasteiger partial charge in [-0.15, -0.1) is 13.2 Å². The monoisotopic (exact) mass is 301 g/mol. The van der Waals surface area contributed by atoms with Crippen LogP contribution >= 0.6 is 0 Å². The number of benzene rings is 1. The van der Waals surface area contributed by atoms with Crippen LogP contribution in [0.25, 0.3) is 0 Å². The van der Waals surface area contributed by atoms with Crippen molar-refractivity contribution in [1.29, 1.82) is 0 Å². The summed E-state index contributed by atoms with van der Waals surface area (Å²) in [4.78, 5) is 11.2. The summed E-state index contributed by atoms with van der Waals surface area (Å²) < 4.78 is 5.87. The Kier molecular flexibility index (Phi) is 8.09. The Morgan fingerprint density at radius 3 is 2.33 bits per heavy atom. The van der Waals surface area contributed by atoms with Gasteiger partial charge in [-0.25, -0.2) is 0 Å². The molecule has 0 saturated heterocycles. The second-order valence-electron chi connectivity index (χ2n) is 4.82. The summed E-state index contributed by atoms with van der Waals surface area (Å²) in [6, 6.07) is 7.78. The van der Waals surface area contributed by atoms with Crippen LogP contribution in [0.3, 0.4) is 0 Å². The van der Waals surface area contributed by atoms with Gasteiger partial charge in [0.05, 0.1) is 0 Å². The van der Waals surface area contributed by atoms with E-state index in [9.17, 15) is 4.79 Å². The van der Waals surface area contributed by atoms with E-state index in [0.29, 0.717) is 5.92 Å². The van der Waals surface area contributed by atoms with Gasteiger partial charge in [-0.05, 0) is 42.2 Å². The maximum absolute atomic E-state index is 11.2. The van der Waals surface area contributed by atoms with Crippen LogP contribution in [-0.4, -0.2) is 22.3 Å². The van der Waals surface area contributed by atoms with Crippen LogP contribution < -0.4 is 10.5 Å². The summed E-state index contributed by atoms with van der Waals surface area (Å²) in [5.74, 6) is 0.270. The molecule has 21 heavy (non-hydrogen) atoms. The molecule has 0 unspecified atom stereocenters. The van der Waals surface area contributed by atoms with Gasteiger partial charge in [-0.3, -0.25) is 4.79 Å². The quantitative estimate of drug-likeness (QED) is 0.409. The third kappa shape index (κ3) is 6.88. The van der Waals surface area contributed by atoms with E-state index < -0.39 is 9.76 Å². The molecule has 0 heterocycles.